The Hall–Kier alpha value is -2.64. The molecule has 8 heteroatoms. The second-order valence-electron chi connectivity index (χ2n) is 5.92. The first kappa shape index (κ1) is 16.2. The average molecular weight is 331 g/mol. The predicted octanol–water partition coefficient (Wildman–Crippen LogP) is 1.27. The maximum atomic E-state index is 12.2. The van der Waals surface area contributed by atoms with Crippen molar-refractivity contribution >= 4 is 17.7 Å². The third-order valence-corrected chi connectivity index (χ3v) is 4.40. The van der Waals surface area contributed by atoms with Gasteiger partial charge in [0.05, 0.1) is 18.5 Å². The molecule has 1 amide bonds. The van der Waals surface area contributed by atoms with Gasteiger partial charge in [-0.15, -0.1) is 0 Å². The molecule has 0 saturated heterocycles. The van der Waals surface area contributed by atoms with E-state index in [1.54, 1.807) is 17.8 Å². The smallest absolute Gasteiger partial charge is 0.327 e. The summed E-state index contributed by atoms with van der Waals surface area (Å²) < 4.78 is 8.28. The Morgan fingerprint density at radius 2 is 2.21 bits per heavy atom. The van der Waals surface area contributed by atoms with Crippen LogP contribution < -0.4 is 5.32 Å². The van der Waals surface area contributed by atoms with E-state index >= 15 is 0 Å². The van der Waals surface area contributed by atoms with Gasteiger partial charge in [0.2, 0.25) is 5.91 Å². The molecule has 1 aliphatic rings. The molecule has 0 unspecified atom stereocenters. The summed E-state index contributed by atoms with van der Waals surface area (Å²) in [6.07, 6.45) is 2.13. The maximum Gasteiger partial charge on any atom is 0.327 e. The molecule has 2 aromatic heterocycles. The van der Waals surface area contributed by atoms with Crippen molar-refractivity contribution in [1.82, 2.24) is 19.6 Å². The molecular weight excluding hydrogens is 310 g/mol. The summed E-state index contributed by atoms with van der Waals surface area (Å²) in [5.74, 6) is -0.0130. The van der Waals surface area contributed by atoms with Gasteiger partial charge in [0.15, 0.2) is 0 Å². The molecule has 0 saturated carbocycles. The summed E-state index contributed by atoms with van der Waals surface area (Å²) in [4.78, 5) is 24.0. The van der Waals surface area contributed by atoms with Crippen LogP contribution in [0.4, 0.5) is 5.82 Å². The number of esters is 1. The molecule has 1 atom stereocenters. The van der Waals surface area contributed by atoms with Crippen molar-refractivity contribution in [2.24, 2.45) is 7.05 Å². The van der Waals surface area contributed by atoms with Gasteiger partial charge in [-0.05, 0) is 20.8 Å². The molecule has 8 nitrogen and oxygen atoms in total. The lowest BCUT2D eigenvalue weighted by atomic mass is 9.86. The van der Waals surface area contributed by atoms with Gasteiger partial charge < -0.3 is 10.1 Å². The van der Waals surface area contributed by atoms with E-state index in [2.05, 4.69) is 15.5 Å². The van der Waals surface area contributed by atoms with E-state index < -0.39 is 0 Å². The highest BCUT2D eigenvalue weighted by atomic mass is 16.5. The van der Waals surface area contributed by atoms with Crippen LogP contribution in [0.2, 0.25) is 0 Å². The number of hydrogen-bond acceptors (Lipinski definition) is 5. The zero-order chi connectivity index (χ0) is 17.4. The number of anilines is 1. The Morgan fingerprint density at radius 3 is 2.83 bits per heavy atom. The Labute approximate surface area is 139 Å². The summed E-state index contributed by atoms with van der Waals surface area (Å²) in [5.41, 5.74) is 3.75. The number of carbonyl (C=O) groups is 2. The summed E-state index contributed by atoms with van der Waals surface area (Å²) in [6, 6.07) is 0. The quantitative estimate of drug-likeness (QED) is 0.852. The van der Waals surface area contributed by atoms with Crippen LogP contribution in [0.5, 0.6) is 0 Å². The maximum absolute atomic E-state index is 12.2. The number of carbonyl (C=O) groups excluding carboxylic acids is 2. The van der Waals surface area contributed by atoms with Crippen molar-refractivity contribution < 1.29 is 14.3 Å². The Bertz CT molecular complexity index is 805. The van der Waals surface area contributed by atoms with Gasteiger partial charge in [0.25, 0.3) is 0 Å². The lowest BCUT2D eigenvalue weighted by Crippen LogP contribution is -2.26. The molecular formula is C16H21N5O3. The Morgan fingerprint density at radius 1 is 1.46 bits per heavy atom. The fraction of sp³-hybridized carbons (Fsp3) is 0.500. The molecule has 3 heterocycles. The highest BCUT2D eigenvalue weighted by Crippen LogP contribution is 2.40. The van der Waals surface area contributed by atoms with Crippen molar-refractivity contribution in [3.8, 4) is 0 Å². The van der Waals surface area contributed by atoms with Crippen LogP contribution in [-0.4, -0.2) is 38.0 Å². The van der Waals surface area contributed by atoms with Gasteiger partial charge in [0.1, 0.15) is 12.4 Å². The van der Waals surface area contributed by atoms with Crippen LogP contribution in [-0.2, 0) is 27.9 Å². The zero-order valence-electron chi connectivity index (χ0n) is 14.3. The van der Waals surface area contributed by atoms with Crippen LogP contribution in [0.25, 0.3) is 0 Å². The number of nitrogens with one attached hydrogen (secondary N) is 1. The molecule has 0 fully saturated rings. The number of fused-ring (bicyclic) bond motifs is 1. The normalized spacial score (nSPS) is 16.7. The zero-order valence-corrected chi connectivity index (χ0v) is 14.3. The molecule has 128 valence electrons. The van der Waals surface area contributed by atoms with E-state index in [9.17, 15) is 9.59 Å². The van der Waals surface area contributed by atoms with E-state index in [4.69, 9.17) is 4.74 Å². The van der Waals surface area contributed by atoms with E-state index in [0.29, 0.717) is 18.8 Å². The second kappa shape index (κ2) is 6.10. The van der Waals surface area contributed by atoms with Crippen LogP contribution in [0, 0.1) is 13.8 Å². The van der Waals surface area contributed by atoms with Crippen LogP contribution in [0.15, 0.2) is 6.20 Å². The van der Waals surface area contributed by atoms with E-state index in [1.165, 1.54) is 4.68 Å². The summed E-state index contributed by atoms with van der Waals surface area (Å²) in [5, 5.41) is 11.6. The lowest BCUT2D eigenvalue weighted by Gasteiger charge is -2.24. The third kappa shape index (κ3) is 2.68. The molecule has 0 radical (unpaired) electrons. The summed E-state index contributed by atoms with van der Waals surface area (Å²) in [7, 11) is 1.87. The largest absolute Gasteiger partial charge is 0.465 e. The van der Waals surface area contributed by atoms with E-state index in [-0.39, 0.29) is 24.3 Å². The number of rotatable bonds is 4. The van der Waals surface area contributed by atoms with Gasteiger partial charge in [-0.25, -0.2) is 4.68 Å². The number of ether oxygens (including phenoxy) is 1. The number of aromatic nitrogens is 4. The van der Waals surface area contributed by atoms with Crippen molar-refractivity contribution in [2.75, 3.05) is 11.9 Å². The highest BCUT2D eigenvalue weighted by molar-refractivity contribution is 5.95. The SMILES string of the molecule is CCOC(=O)Cn1nc(C)c2c1NC(=O)C[C@H]2c1cnn(C)c1C. The van der Waals surface area contributed by atoms with Crippen molar-refractivity contribution in [3.05, 3.63) is 28.7 Å². The minimum absolute atomic E-state index is 0.0248. The summed E-state index contributed by atoms with van der Waals surface area (Å²) >= 11 is 0. The molecule has 3 rings (SSSR count). The molecule has 0 aliphatic carbocycles. The monoisotopic (exact) mass is 331 g/mol. The fourth-order valence-corrected chi connectivity index (χ4v) is 3.18. The van der Waals surface area contributed by atoms with Gasteiger partial charge in [0, 0.05) is 36.2 Å². The van der Waals surface area contributed by atoms with E-state index in [1.807, 2.05) is 20.9 Å². The van der Waals surface area contributed by atoms with Crippen LogP contribution in [0.3, 0.4) is 0 Å². The van der Waals surface area contributed by atoms with Crippen LogP contribution >= 0.6 is 0 Å². The minimum atomic E-state index is -0.378. The number of aryl methyl sites for hydroxylation is 2. The number of amides is 1. The fourth-order valence-electron chi connectivity index (χ4n) is 3.18. The molecule has 1 N–H and O–H groups in total. The van der Waals surface area contributed by atoms with E-state index in [0.717, 1.165) is 22.5 Å². The van der Waals surface area contributed by atoms with Gasteiger partial charge in [-0.3, -0.25) is 14.3 Å². The Balaban J connectivity index is 2.04. The highest BCUT2D eigenvalue weighted by Gasteiger charge is 2.34. The number of nitrogens with zero attached hydrogens (tertiary/aromatic N) is 4. The Kier molecular flexibility index (Phi) is 4.13. The second-order valence-corrected chi connectivity index (χ2v) is 5.92. The topological polar surface area (TPSA) is 91.0 Å². The first-order valence-corrected chi connectivity index (χ1v) is 7.93. The molecule has 0 aromatic carbocycles. The molecule has 0 bridgehead atoms. The molecule has 2 aromatic rings. The van der Waals surface area contributed by atoms with Crippen molar-refractivity contribution in [1.29, 1.82) is 0 Å². The third-order valence-electron chi connectivity index (χ3n) is 4.40. The molecule has 1 aliphatic heterocycles. The van der Waals surface area contributed by atoms with Gasteiger partial charge >= 0.3 is 5.97 Å². The number of hydrogen-bond donors (Lipinski definition) is 1. The standard InChI is InChI=1S/C16H21N5O3/c1-5-24-14(23)8-21-16-15(9(2)19-21)11(6-13(22)18-16)12-7-17-20(4)10(12)3/h7,11H,5-6,8H2,1-4H3,(H,18,22)/t11-/m0/s1. The molecule has 0 spiro atoms. The van der Waals surface area contributed by atoms with Crippen molar-refractivity contribution in [2.45, 2.75) is 39.7 Å². The predicted molar refractivity (Wildman–Crippen MR) is 86.6 cm³/mol. The molecule has 24 heavy (non-hydrogen) atoms. The van der Waals surface area contributed by atoms with Crippen molar-refractivity contribution in [3.63, 3.8) is 0 Å². The summed E-state index contributed by atoms with van der Waals surface area (Å²) in [6.45, 7) is 5.91. The average Bonchev–Trinajstić information content (AvgIpc) is 3.00. The minimum Gasteiger partial charge on any atom is -0.465 e. The van der Waals surface area contributed by atoms with Gasteiger partial charge in [-0.1, -0.05) is 0 Å². The van der Waals surface area contributed by atoms with Crippen LogP contribution in [0.1, 0.15) is 41.8 Å². The first-order chi connectivity index (χ1) is 11.4. The first-order valence-electron chi connectivity index (χ1n) is 7.93. The lowest BCUT2D eigenvalue weighted by molar-refractivity contribution is -0.144. The van der Waals surface area contributed by atoms with Gasteiger partial charge in [-0.2, -0.15) is 10.2 Å².